The third-order valence-corrected chi connectivity index (χ3v) is 4.12. The SMILES string of the molecule is [CH2]CC(N)C1([SiH3])CCCCO1. The van der Waals surface area contributed by atoms with Crippen LogP contribution >= 0.6 is 0 Å². The molecule has 0 saturated carbocycles. The van der Waals surface area contributed by atoms with Crippen molar-refractivity contribution in [1.29, 1.82) is 0 Å². The Hall–Kier alpha value is 0.137. The van der Waals surface area contributed by atoms with Crippen LogP contribution in [0.15, 0.2) is 0 Å². The van der Waals surface area contributed by atoms with Crippen molar-refractivity contribution in [3.05, 3.63) is 6.92 Å². The number of rotatable bonds is 2. The van der Waals surface area contributed by atoms with Gasteiger partial charge in [0.15, 0.2) is 0 Å². The monoisotopic (exact) mass is 172 g/mol. The predicted molar refractivity (Wildman–Crippen MR) is 50.4 cm³/mol. The molecule has 1 fully saturated rings. The van der Waals surface area contributed by atoms with Crippen molar-refractivity contribution in [1.82, 2.24) is 0 Å². The molecule has 0 amide bonds. The maximum absolute atomic E-state index is 5.93. The Morgan fingerprint density at radius 3 is 2.82 bits per heavy atom. The smallest absolute Gasteiger partial charge is 0.0631 e. The van der Waals surface area contributed by atoms with E-state index in [0.717, 1.165) is 29.7 Å². The van der Waals surface area contributed by atoms with E-state index in [1.165, 1.54) is 12.8 Å². The lowest BCUT2D eigenvalue weighted by molar-refractivity contribution is -0.0330. The van der Waals surface area contributed by atoms with Gasteiger partial charge in [-0.05, 0) is 25.7 Å². The summed E-state index contributed by atoms with van der Waals surface area (Å²) in [5.41, 5.74) is 5.93. The van der Waals surface area contributed by atoms with E-state index in [1.54, 1.807) is 0 Å². The van der Waals surface area contributed by atoms with E-state index >= 15 is 0 Å². The zero-order chi connectivity index (χ0) is 8.32. The molecule has 1 heterocycles. The van der Waals surface area contributed by atoms with Gasteiger partial charge in [-0.2, -0.15) is 0 Å². The molecule has 2 nitrogen and oxygen atoms in total. The van der Waals surface area contributed by atoms with Crippen LogP contribution in [-0.2, 0) is 4.74 Å². The van der Waals surface area contributed by atoms with Crippen LogP contribution < -0.4 is 5.73 Å². The minimum absolute atomic E-state index is 0.0417. The number of ether oxygens (including phenoxy) is 1. The Bertz CT molecular complexity index is 123. The van der Waals surface area contributed by atoms with Gasteiger partial charge >= 0.3 is 0 Å². The second-order valence-corrected chi connectivity index (χ2v) is 5.21. The van der Waals surface area contributed by atoms with Gasteiger partial charge in [0.05, 0.1) is 5.22 Å². The first-order valence-electron chi connectivity index (χ1n) is 4.38. The highest BCUT2D eigenvalue weighted by atomic mass is 28.1. The summed E-state index contributed by atoms with van der Waals surface area (Å²) in [6, 6.07) is 0.162. The molecule has 11 heavy (non-hydrogen) atoms. The summed E-state index contributed by atoms with van der Waals surface area (Å²) < 4.78 is 5.71. The van der Waals surface area contributed by atoms with Crippen molar-refractivity contribution in [2.45, 2.75) is 36.9 Å². The van der Waals surface area contributed by atoms with Crippen molar-refractivity contribution >= 4 is 10.2 Å². The second-order valence-electron chi connectivity index (χ2n) is 3.51. The van der Waals surface area contributed by atoms with Crippen LogP contribution in [0.3, 0.4) is 0 Å². The van der Waals surface area contributed by atoms with Gasteiger partial charge in [-0.1, -0.05) is 6.92 Å². The fourth-order valence-corrected chi connectivity index (χ4v) is 2.40. The molecule has 0 aromatic carbocycles. The molecule has 1 rings (SSSR count). The molecule has 1 aliphatic heterocycles. The lowest BCUT2D eigenvalue weighted by Gasteiger charge is -2.38. The van der Waals surface area contributed by atoms with E-state index in [0.29, 0.717) is 0 Å². The standard InChI is InChI=1S/C8H18NOSi/c1-2-7(9)8(11)5-3-4-6-10-8/h7H,1-6,9H2,11H3. The third kappa shape index (κ3) is 2.04. The first-order valence-corrected chi connectivity index (χ1v) is 5.38. The minimum atomic E-state index is 0.0417. The molecule has 0 spiro atoms. The molecule has 0 aromatic heterocycles. The van der Waals surface area contributed by atoms with Crippen molar-refractivity contribution in [2.24, 2.45) is 5.73 Å². The van der Waals surface area contributed by atoms with Crippen LogP contribution in [-0.4, -0.2) is 28.1 Å². The molecule has 2 atom stereocenters. The van der Waals surface area contributed by atoms with Gasteiger partial charge in [0.25, 0.3) is 0 Å². The van der Waals surface area contributed by atoms with E-state index in [2.05, 4.69) is 6.92 Å². The van der Waals surface area contributed by atoms with Gasteiger partial charge in [0.1, 0.15) is 0 Å². The minimum Gasteiger partial charge on any atom is -0.378 e. The van der Waals surface area contributed by atoms with Crippen LogP contribution in [0, 0.1) is 6.92 Å². The lowest BCUT2D eigenvalue weighted by Crippen LogP contribution is -2.52. The third-order valence-electron chi connectivity index (χ3n) is 2.59. The largest absolute Gasteiger partial charge is 0.378 e. The molecule has 0 bridgehead atoms. The molecule has 1 radical (unpaired) electrons. The highest BCUT2D eigenvalue weighted by molar-refractivity contribution is 6.15. The summed E-state index contributed by atoms with van der Waals surface area (Å²) in [5, 5.41) is 0.0417. The fourth-order valence-electron chi connectivity index (χ4n) is 1.55. The van der Waals surface area contributed by atoms with Crippen LogP contribution in [0.2, 0.25) is 0 Å². The van der Waals surface area contributed by atoms with Crippen molar-refractivity contribution in [2.75, 3.05) is 6.61 Å². The number of nitrogens with two attached hydrogens (primary N) is 1. The van der Waals surface area contributed by atoms with Gasteiger partial charge in [-0.3, -0.25) is 0 Å². The molecule has 65 valence electrons. The summed E-state index contributed by atoms with van der Waals surface area (Å²) in [7, 11) is 1.04. The van der Waals surface area contributed by atoms with E-state index < -0.39 is 0 Å². The van der Waals surface area contributed by atoms with E-state index in [1.807, 2.05) is 0 Å². The molecule has 1 saturated heterocycles. The molecule has 3 heteroatoms. The summed E-state index contributed by atoms with van der Waals surface area (Å²) in [6.07, 6.45) is 4.42. The highest BCUT2D eigenvalue weighted by Gasteiger charge is 2.32. The van der Waals surface area contributed by atoms with Crippen molar-refractivity contribution in [3.63, 3.8) is 0 Å². The Kier molecular flexibility index (Phi) is 3.10. The zero-order valence-electron chi connectivity index (χ0n) is 7.31. The first-order chi connectivity index (χ1) is 5.19. The average molecular weight is 172 g/mol. The first kappa shape index (κ1) is 9.23. The Morgan fingerprint density at radius 2 is 2.36 bits per heavy atom. The molecule has 0 aliphatic carbocycles. The maximum atomic E-state index is 5.93. The van der Waals surface area contributed by atoms with Crippen molar-refractivity contribution < 1.29 is 4.74 Å². The van der Waals surface area contributed by atoms with Gasteiger partial charge in [0.2, 0.25) is 0 Å². The summed E-state index contributed by atoms with van der Waals surface area (Å²) >= 11 is 0. The van der Waals surface area contributed by atoms with Gasteiger partial charge < -0.3 is 10.5 Å². The van der Waals surface area contributed by atoms with Crippen LogP contribution in [0.5, 0.6) is 0 Å². The molecular weight excluding hydrogens is 154 g/mol. The Balaban J connectivity index is 2.49. The zero-order valence-corrected chi connectivity index (χ0v) is 9.31. The van der Waals surface area contributed by atoms with E-state index in [-0.39, 0.29) is 11.3 Å². The normalized spacial score (nSPS) is 35.5. The quantitative estimate of drug-likeness (QED) is 0.586. The fraction of sp³-hybridized carbons (Fsp3) is 0.875. The van der Waals surface area contributed by atoms with Crippen molar-refractivity contribution in [3.8, 4) is 0 Å². The second kappa shape index (κ2) is 3.69. The summed E-state index contributed by atoms with van der Waals surface area (Å²) in [4.78, 5) is 0. The van der Waals surface area contributed by atoms with Crippen LogP contribution in [0.4, 0.5) is 0 Å². The molecule has 2 N–H and O–H groups in total. The lowest BCUT2D eigenvalue weighted by atomic mass is 10.00. The molecule has 2 unspecified atom stereocenters. The number of hydrogen-bond acceptors (Lipinski definition) is 2. The predicted octanol–water partition coefficient (Wildman–Crippen LogP) is -0.200. The summed E-state index contributed by atoms with van der Waals surface area (Å²) in [5.74, 6) is 0. The Morgan fingerprint density at radius 1 is 1.64 bits per heavy atom. The average Bonchev–Trinajstić information content (AvgIpc) is 2.04. The van der Waals surface area contributed by atoms with E-state index in [4.69, 9.17) is 10.5 Å². The highest BCUT2D eigenvalue weighted by Crippen LogP contribution is 2.25. The van der Waals surface area contributed by atoms with Crippen LogP contribution in [0.25, 0.3) is 0 Å². The van der Waals surface area contributed by atoms with E-state index in [9.17, 15) is 0 Å². The molecule has 0 aromatic rings. The Labute approximate surface area is 71.9 Å². The van der Waals surface area contributed by atoms with Crippen LogP contribution in [0.1, 0.15) is 25.7 Å². The van der Waals surface area contributed by atoms with Gasteiger partial charge in [0, 0.05) is 22.9 Å². The summed E-state index contributed by atoms with van der Waals surface area (Å²) in [6.45, 7) is 4.72. The topological polar surface area (TPSA) is 35.2 Å². The molecule has 1 aliphatic rings. The maximum Gasteiger partial charge on any atom is 0.0631 e. The molecular formula is C8H18NOSi. The van der Waals surface area contributed by atoms with Gasteiger partial charge in [-0.15, -0.1) is 0 Å². The number of hydrogen-bond donors (Lipinski definition) is 1. The van der Waals surface area contributed by atoms with Gasteiger partial charge in [-0.25, -0.2) is 0 Å².